The molecule has 11 heteroatoms. The van der Waals surface area contributed by atoms with E-state index in [1.807, 2.05) is 41.0 Å². The molecule has 4 rings (SSSR count). The van der Waals surface area contributed by atoms with Crippen molar-refractivity contribution < 1.29 is 14.6 Å². The standard InChI is InChI=1S/C23H19BrN6O3S/c1-33-20-12-15(2-7-19(20)31)13-26-27-21(32)14-34-23-29-28-22(16-8-10-25-11-9-16)30(23)18-5-3-17(24)4-6-18/h2-13,31H,14H2,1H3,(H,27,32). The number of nitrogens with one attached hydrogen (secondary N) is 1. The molecule has 2 aromatic carbocycles. The minimum atomic E-state index is -0.303. The largest absolute Gasteiger partial charge is 0.504 e. The predicted octanol–water partition coefficient (Wildman–Crippen LogP) is 4.05. The molecule has 172 valence electrons. The van der Waals surface area contributed by atoms with Gasteiger partial charge in [-0.1, -0.05) is 27.7 Å². The first-order valence-electron chi connectivity index (χ1n) is 9.98. The van der Waals surface area contributed by atoms with E-state index in [4.69, 9.17) is 4.74 Å². The molecule has 1 amide bonds. The van der Waals surface area contributed by atoms with Crippen LogP contribution >= 0.6 is 27.7 Å². The van der Waals surface area contributed by atoms with Crippen LogP contribution in [0.15, 0.2) is 81.7 Å². The van der Waals surface area contributed by atoms with Gasteiger partial charge < -0.3 is 9.84 Å². The van der Waals surface area contributed by atoms with Crippen molar-refractivity contribution in [3.05, 3.63) is 77.0 Å². The Morgan fingerprint density at radius 2 is 1.94 bits per heavy atom. The number of thioether (sulfide) groups is 1. The molecular formula is C23H19BrN6O3S. The van der Waals surface area contributed by atoms with Crippen LogP contribution in [0.25, 0.3) is 17.1 Å². The van der Waals surface area contributed by atoms with Gasteiger partial charge in [-0.15, -0.1) is 10.2 Å². The second kappa shape index (κ2) is 10.9. The van der Waals surface area contributed by atoms with Crippen LogP contribution in [-0.4, -0.2) is 49.8 Å². The summed E-state index contributed by atoms with van der Waals surface area (Å²) < 4.78 is 7.91. The van der Waals surface area contributed by atoms with E-state index in [0.717, 1.165) is 15.7 Å². The fourth-order valence-electron chi connectivity index (χ4n) is 2.99. The highest BCUT2D eigenvalue weighted by Crippen LogP contribution is 2.28. The zero-order valence-corrected chi connectivity index (χ0v) is 20.3. The number of hydrogen-bond acceptors (Lipinski definition) is 8. The molecule has 0 radical (unpaired) electrons. The summed E-state index contributed by atoms with van der Waals surface area (Å²) in [4.78, 5) is 16.4. The Morgan fingerprint density at radius 1 is 1.18 bits per heavy atom. The van der Waals surface area contributed by atoms with Crippen molar-refractivity contribution in [3.63, 3.8) is 0 Å². The van der Waals surface area contributed by atoms with Crippen LogP contribution in [0.4, 0.5) is 0 Å². The van der Waals surface area contributed by atoms with Gasteiger partial charge in [-0.05, 0) is 60.2 Å². The normalized spacial score (nSPS) is 11.0. The van der Waals surface area contributed by atoms with Crippen molar-refractivity contribution in [2.75, 3.05) is 12.9 Å². The maximum Gasteiger partial charge on any atom is 0.250 e. The highest BCUT2D eigenvalue weighted by atomic mass is 79.9. The lowest BCUT2D eigenvalue weighted by atomic mass is 10.2. The number of aromatic hydroxyl groups is 1. The third kappa shape index (κ3) is 5.61. The smallest absolute Gasteiger partial charge is 0.250 e. The number of methoxy groups -OCH3 is 1. The predicted molar refractivity (Wildman–Crippen MR) is 133 cm³/mol. The molecule has 0 unspecified atom stereocenters. The molecule has 4 aromatic rings. The average molecular weight is 539 g/mol. The van der Waals surface area contributed by atoms with Gasteiger partial charge in [0, 0.05) is 28.1 Å². The first-order chi connectivity index (χ1) is 16.5. The number of halogens is 1. The Balaban J connectivity index is 1.48. The maximum absolute atomic E-state index is 12.4. The molecule has 0 saturated carbocycles. The van der Waals surface area contributed by atoms with Gasteiger partial charge in [0.05, 0.1) is 19.1 Å². The highest BCUT2D eigenvalue weighted by Gasteiger charge is 2.17. The van der Waals surface area contributed by atoms with Gasteiger partial charge >= 0.3 is 0 Å². The minimum Gasteiger partial charge on any atom is -0.504 e. The van der Waals surface area contributed by atoms with Gasteiger partial charge in [-0.25, -0.2) is 5.43 Å². The van der Waals surface area contributed by atoms with Gasteiger partial charge in [0.25, 0.3) is 5.91 Å². The van der Waals surface area contributed by atoms with Crippen LogP contribution in [0.3, 0.4) is 0 Å². The van der Waals surface area contributed by atoms with Crippen molar-refractivity contribution in [3.8, 4) is 28.6 Å². The summed E-state index contributed by atoms with van der Waals surface area (Å²) in [6.07, 6.45) is 4.85. The Kier molecular flexibility index (Phi) is 7.55. The Hall–Kier alpha value is -3.70. The van der Waals surface area contributed by atoms with Crippen molar-refractivity contribution in [2.24, 2.45) is 5.10 Å². The number of benzene rings is 2. The zero-order valence-electron chi connectivity index (χ0n) is 17.9. The summed E-state index contributed by atoms with van der Waals surface area (Å²) >= 11 is 4.70. The molecule has 2 aromatic heterocycles. The van der Waals surface area contributed by atoms with Crippen molar-refractivity contribution in [1.29, 1.82) is 0 Å². The summed E-state index contributed by atoms with van der Waals surface area (Å²) in [5.41, 5.74) is 4.88. The van der Waals surface area contributed by atoms with Gasteiger partial charge in [0.15, 0.2) is 22.5 Å². The molecule has 0 atom stereocenters. The topological polar surface area (TPSA) is 115 Å². The van der Waals surface area contributed by atoms with Crippen molar-refractivity contribution >= 4 is 39.8 Å². The number of aromatic nitrogens is 4. The maximum atomic E-state index is 12.4. The molecule has 0 spiro atoms. The first kappa shape index (κ1) is 23.5. The number of ether oxygens (including phenoxy) is 1. The molecule has 0 saturated heterocycles. The van der Waals surface area contributed by atoms with Gasteiger partial charge in [0.2, 0.25) is 0 Å². The number of carbonyl (C=O) groups is 1. The number of amides is 1. The van der Waals surface area contributed by atoms with Gasteiger partial charge in [-0.3, -0.25) is 14.3 Å². The molecule has 0 aliphatic heterocycles. The quantitative estimate of drug-likeness (QED) is 0.197. The van der Waals surface area contributed by atoms with Crippen LogP contribution in [-0.2, 0) is 4.79 Å². The second-order valence-corrected chi connectivity index (χ2v) is 8.73. The third-order valence-corrected chi connectivity index (χ3v) is 6.05. The van der Waals surface area contributed by atoms with Gasteiger partial charge in [0.1, 0.15) is 0 Å². The van der Waals surface area contributed by atoms with Crippen LogP contribution < -0.4 is 10.2 Å². The van der Waals surface area contributed by atoms with Crippen LogP contribution in [0.5, 0.6) is 11.5 Å². The fraction of sp³-hybridized carbons (Fsp3) is 0.0870. The van der Waals surface area contributed by atoms with E-state index in [-0.39, 0.29) is 17.4 Å². The van der Waals surface area contributed by atoms with E-state index < -0.39 is 0 Å². The number of pyridine rings is 1. The lowest BCUT2D eigenvalue weighted by Crippen LogP contribution is -2.20. The Morgan fingerprint density at radius 3 is 2.68 bits per heavy atom. The Labute approximate surface area is 208 Å². The van der Waals surface area contributed by atoms with Crippen molar-refractivity contribution in [1.82, 2.24) is 25.2 Å². The molecule has 9 nitrogen and oxygen atoms in total. The number of hydrazone groups is 1. The van der Waals surface area contributed by atoms with E-state index in [0.29, 0.717) is 22.3 Å². The lowest BCUT2D eigenvalue weighted by molar-refractivity contribution is -0.118. The first-order valence-corrected chi connectivity index (χ1v) is 11.8. The molecule has 0 bridgehead atoms. The van der Waals surface area contributed by atoms with E-state index >= 15 is 0 Å². The molecule has 0 aliphatic rings. The minimum absolute atomic E-state index is 0.0288. The number of rotatable bonds is 8. The number of hydrogen-bond donors (Lipinski definition) is 2. The molecule has 2 heterocycles. The molecular weight excluding hydrogens is 520 g/mol. The van der Waals surface area contributed by atoms with Gasteiger partial charge in [-0.2, -0.15) is 5.10 Å². The monoisotopic (exact) mass is 538 g/mol. The van der Waals surface area contributed by atoms with E-state index in [9.17, 15) is 9.90 Å². The van der Waals surface area contributed by atoms with E-state index in [2.05, 4.69) is 41.6 Å². The summed E-state index contributed by atoms with van der Waals surface area (Å²) in [6.45, 7) is 0. The summed E-state index contributed by atoms with van der Waals surface area (Å²) in [6, 6.07) is 16.2. The van der Waals surface area contributed by atoms with Crippen molar-refractivity contribution in [2.45, 2.75) is 5.16 Å². The van der Waals surface area contributed by atoms with Crippen LogP contribution in [0.2, 0.25) is 0 Å². The number of phenolic OH excluding ortho intramolecular Hbond substituents is 1. The number of carbonyl (C=O) groups excluding carboxylic acids is 1. The SMILES string of the molecule is COc1cc(C=NNC(=O)CSc2nnc(-c3ccncc3)n2-c2ccc(Br)cc2)ccc1O. The van der Waals surface area contributed by atoms with E-state index in [1.165, 1.54) is 31.2 Å². The third-order valence-electron chi connectivity index (χ3n) is 4.60. The van der Waals surface area contributed by atoms with Crippen LogP contribution in [0.1, 0.15) is 5.56 Å². The molecule has 0 fully saturated rings. The number of nitrogens with zero attached hydrogens (tertiary/aromatic N) is 5. The average Bonchev–Trinajstić information content (AvgIpc) is 3.29. The molecule has 0 aliphatic carbocycles. The van der Waals surface area contributed by atoms with E-state index in [1.54, 1.807) is 24.5 Å². The Bertz CT molecular complexity index is 1310. The lowest BCUT2D eigenvalue weighted by Gasteiger charge is -2.10. The summed E-state index contributed by atoms with van der Waals surface area (Å²) in [5, 5.41) is 22.9. The summed E-state index contributed by atoms with van der Waals surface area (Å²) in [5.74, 6) is 0.778. The number of phenols is 1. The summed E-state index contributed by atoms with van der Waals surface area (Å²) in [7, 11) is 1.46. The zero-order chi connectivity index (χ0) is 23.9. The molecule has 2 N–H and O–H groups in total. The second-order valence-electron chi connectivity index (χ2n) is 6.87. The van der Waals surface area contributed by atoms with Crippen LogP contribution in [0, 0.1) is 0 Å². The fourth-order valence-corrected chi connectivity index (χ4v) is 4.00. The molecule has 34 heavy (non-hydrogen) atoms. The highest BCUT2D eigenvalue weighted by molar-refractivity contribution is 9.10.